The van der Waals surface area contributed by atoms with E-state index in [4.69, 9.17) is 5.11 Å². The molecule has 0 saturated heterocycles. The lowest BCUT2D eigenvalue weighted by molar-refractivity contribution is 0.0690. The molecule has 2 aromatic carbocycles. The van der Waals surface area contributed by atoms with Crippen LogP contribution in [0, 0.1) is 0 Å². The number of pyridine rings is 1. The highest BCUT2D eigenvalue weighted by Crippen LogP contribution is 2.33. The Bertz CT molecular complexity index is 1040. The Labute approximate surface area is 147 Å². The maximum absolute atomic E-state index is 12.7. The molecule has 0 spiro atoms. The molecule has 0 amide bonds. The summed E-state index contributed by atoms with van der Waals surface area (Å²) < 4.78 is 0. The number of hydrogen-bond acceptors (Lipinski definition) is 7. The van der Waals surface area contributed by atoms with Crippen molar-refractivity contribution in [2.75, 3.05) is 0 Å². The summed E-state index contributed by atoms with van der Waals surface area (Å²) in [6.45, 7) is 0. The van der Waals surface area contributed by atoms with Crippen LogP contribution < -0.4 is 0 Å². The van der Waals surface area contributed by atoms with Crippen LogP contribution >= 0.6 is 0 Å². The van der Waals surface area contributed by atoms with Crippen LogP contribution in [0.2, 0.25) is 0 Å². The summed E-state index contributed by atoms with van der Waals surface area (Å²) in [4.78, 5) is 27.8. The number of aromatic hydroxyl groups is 4. The normalized spacial score (nSPS) is 10.3. The molecule has 8 nitrogen and oxygen atoms in total. The zero-order valence-electron chi connectivity index (χ0n) is 12.5. The van der Waals surface area contributed by atoms with Crippen molar-refractivity contribution in [1.29, 1.82) is 0 Å². The Hall–Kier alpha value is -3.81. The van der Waals surface area contributed by atoms with Crippen LogP contribution in [0.1, 0.15) is 34.0 Å². The number of hydrogen-bond donors (Lipinski definition) is 5. The number of carboxylic acid groups (broad SMARTS) is 1. The number of nitrogens with zero attached hydrogens (tertiary/aromatic N) is 1. The minimum Gasteiger partial charge on any atom is -0.504 e. The van der Waals surface area contributed by atoms with Gasteiger partial charge in [0.2, 0.25) is 5.78 Å². The zero-order chi connectivity index (χ0) is 18.3. The molecule has 3 aromatic rings. The number of rotatable bonds is 3. The summed E-state index contributed by atoms with van der Waals surface area (Å²) in [5.41, 5.74) is -0.751. The van der Waals surface area contributed by atoms with Gasteiger partial charge in [0.15, 0.2) is 23.0 Å². The van der Waals surface area contributed by atoms with Crippen LogP contribution in [-0.2, 0) is 0 Å². The fourth-order valence-electron chi connectivity index (χ4n) is 2.36. The number of phenols is 4. The molecule has 0 aliphatic carbocycles. The third-order valence-electron chi connectivity index (χ3n) is 3.60. The minimum absolute atomic E-state index is 0. The molecule has 0 bridgehead atoms. The Balaban J connectivity index is 0.00000243. The molecule has 3 rings (SSSR count). The third-order valence-corrected chi connectivity index (χ3v) is 3.60. The standard InChI is InChI=1S/C17H11NO7.CH4/c19-11-2-1-7(4-12(11)20)16(23)15-9-6-14(22)13(21)5-8(9)3-10(18-15)17(24)25;/h1-6,19-22H,(H,24,25);1H4. The predicted molar refractivity (Wildman–Crippen MR) is 92.0 cm³/mol. The second-order valence-electron chi connectivity index (χ2n) is 5.26. The molecule has 1 aromatic heterocycles. The molecular weight excluding hydrogens is 342 g/mol. The van der Waals surface area contributed by atoms with E-state index in [1.165, 1.54) is 6.07 Å². The molecular formula is C18H15NO7. The van der Waals surface area contributed by atoms with Crippen molar-refractivity contribution in [2.45, 2.75) is 7.43 Å². The number of carboxylic acids is 1. The van der Waals surface area contributed by atoms with Gasteiger partial charge < -0.3 is 25.5 Å². The topological polar surface area (TPSA) is 148 Å². The Morgan fingerprint density at radius 1 is 0.808 bits per heavy atom. The SMILES string of the molecule is C.O=C(O)c1cc2cc(O)c(O)cc2c(C(=O)c2ccc(O)c(O)c2)n1. The van der Waals surface area contributed by atoms with Gasteiger partial charge in [-0.25, -0.2) is 9.78 Å². The lowest BCUT2D eigenvalue weighted by atomic mass is 10.0. The van der Waals surface area contributed by atoms with Crippen molar-refractivity contribution in [1.82, 2.24) is 4.98 Å². The van der Waals surface area contributed by atoms with Gasteiger partial charge in [0, 0.05) is 10.9 Å². The predicted octanol–water partition coefficient (Wildman–Crippen LogP) is 2.62. The van der Waals surface area contributed by atoms with Gasteiger partial charge in [-0.3, -0.25) is 4.79 Å². The molecule has 0 saturated carbocycles. The van der Waals surface area contributed by atoms with Crippen molar-refractivity contribution < 1.29 is 35.1 Å². The zero-order valence-corrected chi connectivity index (χ0v) is 12.5. The van der Waals surface area contributed by atoms with E-state index >= 15 is 0 Å². The van der Waals surface area contributed by atoms with E-state index in [-0.39, 0.29) is 29.5 Å². The first-order valence-electron chi connectivity index (χ1n) is 6.94. The summed E-state index contributed by atoms with van der Waals surface area (Å²) >= 11 is 0. The summed E-state index contributed by atoms with van der Waals surface area (Å²) in [6, 6.07) is 6.72. The maximum Gasteiger partial charge on any atom is 0.354 e. The number of phenolic OH excluding ortho intramolecular Hbond substituents is 4. The summed E-state index contributed by atoms with van der Waals surface area (Å²) in [7, 11) is 0. The van der Waals surface area contributed by atoms with Crippen LogP contribution in [0.5, 0.6) is 23.0 Å². The highest BCUT2D eigenvalue weighted by molar-refractivity contribution is 6.16. The largest absolute Gasteiger partial charge is 0.504 e. The molecule has 0 aliphatic rings. The van der Waals surface area contributed by atoms with Crippen LogP contribution in [-0.4, -0.2) is 42.3 Å². The Morgan fingerprint density at radius 3 is 2.04 bits per heavy atom. The summed E-state index contributed by atoms with van der Waals surface area (Å²) in [6.07, 6.45) is 0. The highest BCUT2D eigenvalue weighted by Gasteiger charge is 2.20. The Kier molecular flexibility index (Phi) is 4.70. The number of ketones is 1. The van der Waals surface area contributed by atoms with E-state index in [2.05, 4.69) is 4.98 Å². The highest BCUT2D eigenvalue weighted by atomic mass is 16.4. The second-order valence-corrected chi connectivity index (χ2v) is 5.26. The maximum atomic E-state index is 12.7. The van der Waals surface area contributed by atoms with Gasteiger partial charge in [-0.2, -0.15) is 0 Å². The van der Waals surface area contributed by atoms with E-state index in [9.17, 15) is 30.0 Å². The average molecular weight is 357 g/mol. The quantitative estimate of drug-likeness (QED) is 0.355. The minimum atomic E-state index is -1.38. The van der Waals surface area contributed by atoms with Crippen LogP contribution in [0.4, 0.5) is 0 Å². The second kappa shape index (κ2) is 6.60. The van der Waals surface area contributed by atoms with Crippen molar-refractivity contribution >= 4 is 22.5 Å². The molecule has 8 heteroatoms. The fourth-order valence-corrected chi connectivity index (χ4v) is 2.36. The number of benzene rings is 2. The van der Waals surface area contributed by atoms with Gasteiger partial charge in [-0.05, 0) is 41.8 Å². The smallest absolute Gasteiger partial charge is 0.354 e. The summed E-state index contributed by atoms with van der Waals surface area (Å²) in [5, 5.41) is 47.6. The van der Waals surface area contributed by atoms with E-state index in [0.29, 0.717) is 0 Å². The monoisotopic (exact) mass is 357 g/mol. The molecule has 0 unspecified atom stereocenters. The van der Waals surface area contributed by atoms with Gasteiger partial charge in [0.25, 0.3) is 0 Å². The molecule has 0 radical (unpaired) electrons. The number of aromatic nitrogens is 1. The lowest BCUT2D eigenvalue weighted by Crippen LogP contribution is -2.10. The first kappa shape index (κ1) is 18.5. The van der Waals surface area contributed by atoms with Crippen molar-refractivity contribution in [3.05, 3.63) is 53.3 Å². The molecule has 0 fully saturated rings. The van der Waals surface area contributed by atoms with Crippen LogP contribution in [0.25, 0.3) is 10.8 Å². The van der Waals surface area contributed by atoms with Crippen molar-refractivity contribution in [3.63, 3.8) is 0 Å². The van der Waals surface area contributed by atoms with Crippen LogP contribution in [0.15, 0.2) is 36.4 Å². The number of fused-ring (bicyclic) bond motifs is 1. The molecule has 0 aliphatic heterocycles. The number of carbonyl (C=O) groups excluding carboxylic acids is 1. The molecule has 1 heterocycles. The van der Waals surface area contributed by atoms with E-state index in [1.807, 2.05) is 0 Å². The summed E-state index contributed by atoms with van der Waals surface area (Å²) in [5.74, 6) is -4.03. The average Bonchev–Trinajstić information content (AvgIpc) is 2.57. The number of carbonyl (C=O) groups is 2. The number of aromatic carboxylic acids is 1. The Morgan fingerprint density at radius 2 is 1.42 bits per heavy atom. The van der Waals surface area contributed by atoms with Gasteiger partial charge in [-0.1, -0.05) is 7.43 Å². The molecule has 26 heavy (non-hydrogen) atoms. The van der Waals surface area contributed by atoms with Crippen molar-refractivity contribution in [3.8, 4) is 23.0 Å². The van der Waals surface area contributed by atoms with E-state index in [0.717, 1.165) is 30.3 Å². The van der Waals surface area contributed by atoms with Gasteiger partial charge >= 0.3 is 5.97 Å². The first-order valence-corrected chi connectivity index (χ1v) is 6.94. The fraction of sp³-hybridized carbons (Fsp3) is 0.0556. The molecule has 134 valence electrons. The van der Waals surface area contributed by atoms with E-state index in [1.54, 1.807) is 0 Å². The first-order chi connectivity index (χ1) is 11.8. The van der Waals surface area contributed by atoms with E-state index < -0.39 is 40.4 Å². The third kappa shape index (κ3) is 3.07. The molecule has 5 N–H and O–H groups in total. The van der Waals surface area contributed by atoms with Crippen LogP contribution in [0.3, 0.4) is 0 Å². The van der Waals surface area contributed by atoms with Gasteiger partial charge in [-0.15, -0.1) is 0 Å². The van der Waals surface area contributed by atoms with Gasteiger partial charge in [0.05, 0.1) is 0 Å². The molecule has 0 atom stereocenters. The van der Waals surface area contributed by atoms with Gasteiger partial charge in [0.1, 0.15) is 11.4 Å². The van der Waals surface area contributed by atoms with Crippen molar-refractivity contribution in [2.24, 2.45) is 0 Å². The lowest BCUT2D eigenvalue weighted by Gasteiger charge is -2.09.